The van der Waals surface area contributed by atoms with Crippen molar-refractivity contribution >= 4 is 6.03 Å². The maximum absolute atomic E-state index is 13.6. The van der Waals surface area contributed by atoms with Crippen LogP contribution in [0.2, 0.25) is 0 Å². The largest absolute Gasteiger partial charge is 0.334 e. The first-order valence-corrected chi connectivity index (χ1v) is 8.66. The van der Waals surface area contributed by atoms with E-state index in [1.54, 1.807) is 23.1 Å². The van der Waals surface area contributed by atoms with Crippen LogP contribution in [-0.4, -0.2) is 42.0 Å². The normalized spacial score (nSPS) is 15.2. The highest BCUT2D eigenvalue weighted by Gasteiger charge is 2.21. The summed E-state index contributed by atoms with van der Waals surface area (Å²) >= 11 is 0. The first kappa shape index (κ1) is 17.4. The Kier molecular flexibility index (Phi) is 5.66. The van der Waals surface area contributed by atoms with Gasteiger partial charge >= 0.3 is 6.03 Å². The summed E-state index contributed by atoms with van der Waals surface area (Å²) in [5.74, 6) is -0.286. The van der Waals surface area contributed by atoms with E-state index in [1.165, 1.54) is 17.2 Å². The molecule has 0 radical (unpaired) electrons. The number of carbonyl (C=O) groups excluding carboxylic acids is 1. The third kappa shape index (κ3) is 4.79. The van der Waals surface area contributed by atoms with Crippen LogP contribution in [0, 0.1) is 12.7 Å². The van der Waals surface area contributed by atoms with Gasteiger partial charge < -0.3 is 10.2 Å². The molecule has 0 unspecified atom stereocenters. The molecule has 4 nitrogen and oxygen atoms in total. The first-order chi connectivity index (χ1) is 12.1. The quantitative estimate of drug-likeness (QED) is 0.927. The average Bonchev–Trinajstić information content (AvgIpc) is 2.63. The van der Waals surface area contributed by atoms with Gasteiger partial charge in [-0.25, -0.2) is 9.18 Å². The zero-order chi connectivity index (χ0) is 17.6. The SMILES string of the molecule is Cc1ccc(CN2CCN(C(=O)NCc3ccccc3F)CC2)cc1. The Morgan fingerprint density at radius 3 is 2.40 bits per heavy atom. The molecule has 1 aliphatic heterocycles. The van der Waals surface area contributed by atoms with Crippen molar-refractivity contribution in [3.63, 3.8) is 0 Å². The lowest BCUT2D eigenvalue weighted by Gasteiger charge is -2.34. The predicted octanol–water partition coefficient (Wildman–Crippen LogP) is 3.16. The van der Waals surface area contributed by atoms with Crippen molar-refractivity contribution in [3.8, 4) is 0 Å². The van der Waals surface area contributed by atoms with E-state index in [0.29, 0.717) is 18.7 Å². The van der Waals surface area contributed by atoms with Gasteiger partial charge in [0, 0.05) is 44.8 Å². The van der Waals surface area contributed by atoms with Crippen molar-refractivity contribution in [2.45, 2.75) is 20.0 Å². The van der Waals surface area contributed by atoms with Crippen molar-refractivity contribution in [3.05, 3.63) is 71.0 Å². The minimum Gasteiger partial charge on any atom is -0.334 e. The van der Waals surface area contributed by atoms with Gasteiger partial charge in [0.05, 0.1) is 0 Å². The van der Waals surface area contributed by atoms with Crippen LogP contribution in [0.4, 0.5) is 9.18 Å². The topological polar surface area (TPSA) is 35.6 Å². The van der Waals surface area contributed by atoms with Crippen molar-refractivity contribution in [2.75, 3.05) is 26.2 Å². The van der Waals surface area contributed by atoms with Crippen LogP contribution in [0.3, 0.4) is 0 Å². The summed E-state index contributed by atoms with van der Waals surface area (Å²) < 4.78 is 13.6. The number of benzene rings is 2. The first-order valence-electron chi connectivity index (χ1n) is 8.66. The van der Waals surface area contributed by atoms with Crippen LogP contribution in [0.15, 0.2) is 48.5 Å². The Morgan fingerprint density at radius 1 is 1.04 bits per heavy atom. The third-order valence-electron chi connectivity index (χ3n) is 4.57. The zero-order valence-corrected chi connectivity index (χ0v) is 14.5. The van der Waals surface area contributed by atoms with E-state index in [-0.39, 0.29) is 18.4 Å². The minimum atomic E-state index is -0.286. The number of piperazine rings is 1. The molecule has 1 fully saturated rings. The van der Waals surface area contributed by atoms with E-state index in [4.69, 9.17) is 0 Å². The number of amides is 2. The van der Waals surface area contributed by atoms with Crippen LogP contribution in [-0.2, 0) is 13.1 Å². The molecule has 0 atom stereocenters. The Hall–Kier alpha value is -2.40. The molecule has 0 aromatic heterocycles. The highest BCUT2D eigenvalue weighted by molar-refractivity contribution is 5.74. The van der Waals surface area contributed by atoms with E-state index in [0.717, 1.165) is 19.6 Å². The van der Waals surface area contributed by atoms with E-state index < -0.39 is 0 Å². The highest BCUT2D eigenvalue weighted by atomic mass is 19.1. The molecule has 25 heavy (non-hydrogen) atoms. The van der Waals surface area contributed by atoms with Gasteiger partial charge in [-0.3, -0.25) is 4.90 Å². The molecule has 1 N–H and O–H groups in total. The Labute approximate surface area is 148 Å². The number of hydrogen-bond donors (Lipinski definition) is 1. The smallest absolute Gasteiger partial charge is 0.317 e. The maximum Gasteiger partial charge on any atom is 0.317 e. The van der Waals surface area contributed by atoms with Gasteiger partial charge in [-0.05, 0) is 18.6 Å². The van der Waals surface area contributed by atoms with E-state index in [1.807, 2.05) is 0 Å². The molecule has 1 heterocycles. The molecular formula is C20H24FN3O. The second kappa shape index (κ2) is 8.12. The monoisotopic (exact) mass is 341 g/mol. The van der Waals surface area contributed by atoms with Gasteiger partial charge in [0.25, 0.3) is 0 Å². The Bertz CT molecular complexity index is 709. The summed E-state index contributed by atoms with van der Waals surface area (Å²) in [6.07, 6.45) is 0. The molecule has 2 aromatic carbocycles. The minimum absolute atomic E-state index is 0.127. The number of rotatable bonds is 4. The molecule has 0 aliphatic carbocycles. The van der Waals surface area contributed by atoms with Gasteiger partial charge in [-0.1, -0.05) is 48.0 Å². The fourth-order valence-electron chi connectivity index (χ4n) is 2.99. The Balaban J connectivity index is 1.44. The van der Waals surface area contributed by atoms with Crippen LogP contribution < -0.4 is 5.32 Å². The van der Waals surface area contributed by atoms with E-state index in [9.17, 15) is 9.18 Å². The van der Waals surface area contributed by atoms with E-state index >= 15 is 0 Å². The number of nitrogens with one attached hydrogen (secondary N) is 1. The number of carbonyl (C=O) groups is 1. The lowest BCUT2D eigenvalue weighted by molar-refractivity contribution is 0.135. The molecule has 2 aromatic rings. The van der Waals surface area contributed by atoms with Gasteiger partial charge in [0.2, 0.25) is 0 Å². The van der Waals surface area contributed by atoms with Gasteiger partial charge in [-0.15, -0.1) is 0 Å². The number of halogens is 1. The molecule has 1 aliphatic rings. The molecule has 0 spiro atoms. The molecule has 0 bridgehead atoms. The molecule has 5 heteroatoms. The second-order valence-corrected chi connectivity index (χ2v) is 6.50. The summed E-state index contributed by atoms with van der Waals surface area (Å²) in [5.41, 5.74) is 3.07. The zero-order valence-electron chi connectivity index (χ0n) is 14.5. The van der Waals surface area contributed by atoms with E-state index in [2.05, 4.69) is 41.4 Å². The number of urea groups is 1. The summed E-state index contributed by atoms with van der Waals surface area (Å²) in [6.45, 7) is 6.29. The summed E-state index contributed by atoms with van der Waals surface area (Å²) in [6, 6.07) is 15.0. The molecule has 0 saturated carbocycles. The van der Waals surface area contributed by atoms with Crippen molar-refractivity contribution in [1.29, 1.82) is 0 Å². The fraction of sp³-hybridized carbons (Fsp3) is 0.350. The van der Waals surface area contributed by atoms with Gasteiger partial charge in [-0.2, -0.15) is 0 Å². The Morgan fingerprint density at radius 2 is 1.72 bits per heavy atom. The number of aryl methyl sites for hydroxylation is 1. The molecule has 132 valence electrons. The second-order valence-electron chi connectivity index (χ2n) is 6.50. The van der Waals surface area contributed by atoms with Gasteiger partial charge in [0.15, 0.2) is 0 Å². The lowest BCUT2D eigenvalue weighted by Crippen LogP contribution is -2.51. The maximum atomic E-state index is 13.6. The summed E-state index contributed by atoms with van der Waals surface area (Å²) in [7, 11) is 0. The molecule has 1 saturated heterocycles. The summed E-state index contributed by atoms with van der Waals surface area (Å²) in [5, 5.41) is 2.81. The van der Waals surface area contributed by atoms with Crippen LogP contribution >= 0.6 is 0 Å². The van der Waals surface area contributed by atoms with Crippen LogP contribution in [0.1, 0.15) is 16.7 Å². The lowest BCUT2D eigenvalue weighted by atomic mass is 10.1. The van der Waals surface area contributed by atoms with Crippen molar-refractivity contribution in [2.24, 2.45) is 0 Å². The average molecular weight is 341 g/mol. The van der Waals surface area contributed by atoms with Crippen molar-refractivity contribution < 1.29 is 9.18 Å². The summed E-state index contributed by atoms with van der Waals surface area (Å²) in [4.78, 5) is 16.4. The standard InChI is InChI=1S/C20H24FN3O/c1-16-6-8-17(9-7-16)15-23-10-12-24(13-11-23)20(25)22-14-18-4-2-3-5-19(18)21/h2-9H,10-15H2,1H3,(H,22,25). The highest BCUT2D eigenvalue weighted by Crippen LogP contribution is 2.10. The third-order valence-corrected chi connectivity index (χ3v) is 4.57. The fourth-order valence-corrected chi connectivity index (χ4v) is 2.99. The van der Waals surface area contributed by atoms with Crippen molar-refractivity contribution in [1.82, 2.24) is 15.1 Å². The van der Waals surface area contributed by atoms with Crippen LogP contribution in [0.25, 0.3) is 0 Å². The number of nitrogens with zero attached hydrogens (tertiary/aromatic N) is 2. The number of hydrogen-bond acceptors (Lipinski definition) is 2. The molecule has 3 rings (SSSR count). The van der Waals surface area contributed by atoms with Gasteiger partial charge in [0.1, 0.15) is 5.82 Å². The molecular weight excluding hydrogens is 317 g/mol. The molecule has 2 amide bonds. The predicted molar refractivity (Wildman–Crippen MR) is 96.7 cm³/mol. The van der Waals surface area contributed by atoms with Crippen LogP contribution in [0.5, 0.6) is 0 Å².